The zero-order chi connectivity index (χ0) is 15.6. The van der Waals surface area contributed by atoms with Gasteiger partial charge in [-0.3, -0.25) is 9.69 Å². The monoisotopic (exact) mass is 322 g/mol. The molecule has 2 fully saturated rings. The molecule has 5 nitrogen and oxygen atoms in total. The second-order valence-corrected chi connectivity index (χ2v) is 8.42. The van der Waals surface area contributed by atoms with Gasteiger partial charge in [-0.2, -0.15) is 0 Å². The van der Waals surface area contributed by atoms with Crippen molar-refractivity contribution in [2.75, 3.05) is 37.7 Å². The van der Waals surface area contributed by atoms with Crippen molar-refractivity contribution in [3.05, 3.63) is 35.9 Å². The quantitative estimate of drug-likeness (QED) is 0.825. The Hall–Kier alpha value is -1.40. The minimum atomic E-state index is -2.99. The van der Waals surface area contributed by atoms with Crippen LogP contribution in [0.4, 0.5) is 0 Å². The van der Waals surface area contributed by atoms with Crippen LogP contribution in [0.25, 0.3) is 0 Å². The van der Waals surface area contributed by atoms with Crippen LogP contribution in [0, 0.1) is 5.92 Å². The maximum absolute atomic E-state index is 12.4. The van der Waals surface area contributed by atoms with Crippen LogP contribution in [0.5, 0.6) is 0 Å². The average Bonchev–Trinajstić information content (AvgIpc) is 2.88. The molecule has 0 spiro atoms. The van der Waals surface area contributed by atoms with Gasteiger partial charge in [0.2, 0.25) is 5.91 Å². The van der Waals surface area contributed by atoms with E-state index in [1.165, 1.54) is 5.56 Å². The molecule has 1 atom stereocenters. The summed E-state index contributed by atoms with van der Waals surface area (Å²) in [5.41, 5.74) is 1.28. The van der Waals surface area contributed by atoms with E-state index in [0.717, 1.165) is 19.6 Å². The van der Waals surface area contributed by atoms with Gasteiger partial charge in [0.25, 0.3) is 0 Å². The zero-order valence-electron chi connectivity index (χ0n) is 12.6. The Morgan fingerprint density at radius 3 is 2.36 bits per heavy atom. The van der Waals surface area contributed by atoms with Gasteiger partial charge in [0.05, 0.1) is 17.4 Å². The Morgan fingerprint density at radius 2 is 1.77 bits per heavy atom. The summed E-state index contributed by atoms with van der Waals surface area (Å²) < 4.78 is 23.0. The fraction of sp³-hybridized carbons (Fsp3) is 0.562. The number of carbonyl (C=O) groups is 1. The molecule has 0 aliphatic carbocycles. The van der Waals surface area contributed by atoms with Crippen LogP contribution < -0.4 is 0 Å². The maximum Gasteiger partial charge on any atom is 0.226 e. The highest BCUT2D eigenvalue weighted by Crippen LogP contribution is 2.21. The Bertz CT molecular complexity index is 622. The first kappa shape index (κ1) is 15.5. The van der Waals surface area contributed by atoms with Crippen molar-refractivity contribution in [3.8, 4) is 0 Å². The van der Waals surface area contributed by atoms with Gasteiger partial charge in [-0.25, -0.2) is 8.42 Å². The van der Waals surface area contributed by atoms with E-state index in [1.54, 1.807) is 0 Å². The highest BCUT2D eigenvalue weighted by atomic mass is 32.2. The van der Waals surface area contributed by atoms with E-state index in [4.69, 9.17) is 0 Å². The summed E-state index contributed by atoms with van der Waals surface area (Å²) in [5, 5.41) is 0. The summed E-state index contributed by atoms with van der Waals surface area (Å²) in [6.45, 7) is 3.99. The second-order valence-electron chi connectivity index (χ2n) is 6.19. The summed E-state index contributed by atoms with van der Waals surface area (Å²) in [4.78, 5) is 16.6. The SMILES string of the molecule is O=C([C@@H]1CCS(=O)(=O)C1)N1CCN(Cc2ccccc2)CC1. The van der Waals surface area contributed by atoms with Gasteiger partial charge in [0.1, 0.15) is 0 Å². The van der Waals surface area contributed by atoms with Crippen molar-refractivity contribution >= 4 is 15.7 Å². The van der Waals surface area contributed by atoms with Crippen LogP contribution in [0.3, 0.4) is 0 Å². The van der Waals surface area contributed by atoms with Crippen molar-refractivity contribution in [1.29, 1.82) is 0 Å². The second kappa shape index (κ2) is 6.38. The summed E-state index contributed by atoms with van der Waals surface area (Å²) >= 11 is 0. The molecule has 0 bridgehead atoms. The number of rotatable bonds is 3. The van der Waals surface area contributed by atoms with Crippen molar-refractivity contribution in [2.24, 2.45) is 5.92 Å². The molecule has 0 aromatic heterocycles. The van der Waals surface area contributed by atoms with Gasteiger partial charge in [-0.1, -0.05) is 30.3 Å². The molecule has 0 saturated carbocycles. The molecule has 1 aromatic rings. The molecule has 1 aromatic carbocycles. The van der Waals surface area contributed by atoms with E-state index < -0.39 is 9.84 Å². The van der Waals surface area contributed by atoms with E-state index in [9.17, 15) is 13.2 Å². The first-order valence-corrected chi connectivity index (χ1v) is 9.61. The molecule has 0 unspecified atom stereocenters. The molecule has 2 heterocycles. The van der Waals surface area contributed by atoms with Gasteiger partial charge in [-0.05, 0) is 12.0 Å². The number of sulfone groups is 1. The van der Waals surface area contributed by atoms with Crippen molar-refractivity contribution < 1.29 is 13.2 Å². The Balaban J connectivity index is 1.50. The fourth-order valence-corrected chi connectivity index (χ4v) is 4.95. The Morgan fingerprint density at radius 1 is 1.09 bits per heavy atom. The Kier molecular flexibility index (Phi) is 4.49. The van der Waals surface area contributed by atoms with E-state index in [2.05, 4.69) is 17.0 Å². The molecule has 0 radical (unpaired) electrons. The van der Waals surface area contributed by atoms with Crippen LogP contribution >= 0.6 is 0 Å². The number of hydrogen-bond donors (Lipinski definition) is 0. The average molecular weight is 322 g/mol. The molecule has 3 rings (SSSR count). The molecule has 22 heavy (non-hydrogen) atoms. The van der Waals surface area contributed by atoms with E-state index in [1.807, 2.05) is 23.1 Å². The third-order valence-corrected chi connectivity index (χ3v) is 6.28. The predicted octanol–water partition coefficient (Wildman–Crippen LogP) is 0.766. The minimum Gasteiger partial charge on any atom is -0.340 e. The van der Waals surface area contributed by atoms with E-state index in [-0.39, 0.29) is 23.3 Å². The first-order valence-electron chi connectivity index (χ1n) is 7.79. The summed E-state index contributed by atoms with van der Waals surface area (Å²) in [5.74, 6) is -0.0842. The largest absolute Gasteiger partial charge is 0.340 e. The van der Waals surface area contributed by atoms with Crippen molar-refractivity contribution in [2.45, 2.75) is 13.0 Å². The normalized spacial score (nSPS) is 25.3. The number of piperazine rings is 1. The summed E-state index contributed by atoms with van der Waals surface area (Å²) in [6.07, 6.45) is 0.491. The molecule has 2 aliphatic rings. The standard InChI is InChI=1S/C16H22N2O3S/c19-16(15-6-11-22(20,21)13-15)18-9-7-17(8-10-18)12-14-4-2-1-3-5-14/h1-5,15H,6-13H2/t15-/m1/s1. The van der Waals surface area contributed by atoms with Crippen LogP contribution in [0.1, 0.15) is 12.0 Å². The molecule has 0 N–H and O–H groups in total. The maximum atomic E-state index is 12.4. The lowest BCUT2D eigenvalue weighted by atomic mass is 10.1. The summed E-state index contributed by atoms with van der Waals surface area (Å²) in [7, 11) is -2.99. The third kappa shape index (κ3) is 3.67. The molecule has 2 saturated heterocycles. The van der Waals surface area contributed by atoms with E-state index in [0.29, 0.717) is 19.5 Å². The number of carbonyl (C=O) groups excluding carboxylic acids is 1. The van der Waals surface area contributed by atoms with E-state index >= 15 is 0 Å². The smallest absolute Gasteiger partial charge is 0.226 e. The highest BCUT2D eigenvalue weighted by molar-refractivity contribution is 7.91. The molecule has 120 valence electrons. The topological polar surface area (TPSA) is 57.7 Å². The van der Waals surface area contributed by atoms with Gasteiger partial charge in [0, 0.05) is 32.7 Å². The zero-order valence-corrected chi connectivity index (χ0v) is 13.5. The van der Waals surface area contributed by atoms with Gasteiger partial charge in [-0.15, -0.1) is 0 Å². The highest BCUT2D eigenvalue weighted by Gasteiger charge is 2.36. The van der Waals surface area contributed by atoms with Crippen molar-refractivity contribution in [1.82, 2.24) is 9.80 Å². The van der Waals surface area contributed by atoms with Crippen LogP contribution in [0.2, 0.25) is 0 Å². The number of amides is 1. The minimum absolute atomic E-state index is 0.0282. The van der Waals surface area contributed by atoms with Gasteiger partial charge >= 0.3 is 0 Å². The lowest BCUT2D eigenvalue weighted by Crippen LogP contribution is -2.50. The van der Waals surface area contributed by atoms with Crippen molar-refractivity contribution in [3.63, 3.8) is 0 Å². The van der Waals surface area contributed by atoms with Crippen LogP contribution in [0.15, 0.2) is 30.3 Å². The molecule has 2 aliphatic heterocycles. The van der Waals surface area contributed by atoms with Gasteiger partial charge < -0.3 is 4.90 Å². The van der Waals surface area contributed by atoms with Crippen LogP contribution in [-0.2, 0) is 21.2 Å². The number of benzene rings is 1. The molecular weight excluding hydrogens is 300 g/mol. The predicted molar refractivity (Wildman–Crippen MR) is 85.1 cm³/mol. The number of hydrogen-bond acceptors (Lipinski definition) is 4. The first-order chi connectivity index (χ1) is 10.5. The molecular formula is C16H22N2O3S. The van der Waals surface area contributed by atoms with Gasteiger partial charge in [0.15, 0.2) is 9.84 Å². The van der Waals surface area contributed by atoms with Crippen LogP contribution in [-0.4, -0.2) is 61.8 Å². The summed E-state index contributed by atoms with van der Waals surface area (Å²) in [6, 6.07) is 10.3. The lowest BCUT2D eigenvalue weighted by Gasteiger charge is -2.35. The Labute approximate surface area is 131 Å². The molecule has 6 heteroatoms. The lowest BCUT2D eigenvalue weighted by molar-refractivity contribution is -0.136. The third-order valence-electron chi connectivity index (χ3n) is 4.51. The number of nitrogens with zero attached hydrogens (tertiary/aromatic N) is 2. The fourth-order valence-electron chi connectivity index (χ4n) is 3.22. The molecule has 1 amide bonds.